The second-order valence-corrected chi connectivity index (χ2v) is 7.58. The highest BCUT2D eigenvalue weighted by Gasteiger charge is 2.19. The number of H-pyrrole nitrogens is 1. The van der Waals surface area contributed by atoms with Crippen LogP contribution in [0.1, 0.15) is 12.7 Å². The summed E-state index contributed by atoms with van der Waals surface area (Å²) in [7, 11) is 1.75. The fourth-order valence-electron chi connectivity index (χ4n) is 2.75. The van der Waals surface area contributed by atoms with Crippen LogP contribution < -0.4 is 10.9 Å². The highest BCUT2D eigenvalue weighted by Crippen LogP contribution is 2.26. The first kappa shape index (κ1) is 20.9. The molecule has 1 amide bonds. The maximum absolute atomic E-state index is 12.5. The maximum atomic E-state index is 12.5. The zero-order valence-electron chi connectivity index (χ0n) is 15.9. The molecule has 2 aromatic carbocycles. The molecule has 0 radical (unpaired) electrons. The third-order valence-corrected chi connectivity index (χ3v) is 5.17. The van der Waals surface area contributed by atoms with E-state index in [1.54, 1.807) is 49.2 Å². The van der Waals surface area contributed by atoms with Gasteiger partial charge < -0.3 is 10.3 Å². The molecule has 0 fully saturated rings. The Hall–Kier alpha value is -2.78. The van der Waals surface area contributed by atoms with Gasteiger partial charge in [-0.3, -0.25) is 14.5 Å². The van der Waals surface area contributed by atoms with Gasteiger partial charge in [0.15, 0.2) is 0 Å². The normalized spacial score (nSPS) is 12.5. The van der Waals surface area contributed by atoms with Crippen LogP contribution in [0.15, 0.2) is 58.2 Å². The van der Waals surface area contributed by atoms with Crippen molar-refractivity contribution in [3.63, 3.8) is 0 Å². The third-order valence-electron chi connectivity index (χ3n) is 4.45. The minimum absolute atomic E-state index is 0.224. The van der Waals surface area contributed by atoms with Crippen LogP contribution >= 0.6 is 11.8 Å². The molecule has 2 N–H and O–H groups in total. The van der Waals surface area contributed by atoms with Crippen molar-refractivity contribution in [1.82, 2.24) is 14.9 Å². The molecule has 9 heteroatoms. The number of nitrogens with one attached hydrogen (secondary N) is 2. The van der Waals surface area contributed by atoms with Crippen LogP contribution in [0.3, 0.4) is 0 Å². The lowest BCUT2D eigenvalue weighted by atomic mass is 10.2. The van der Waals surface area contributed by atoms with Gasteiger partial charge in [-0.2, -0.15) is 8.78 Å². The average molecular weight is 418 g/mol. The van der Waals surface area contributed by atoms with Gasteiger partial charge >= 0.3 is 0 Å². The second-order valence-electron chi connectivity index (χ2n) is 6.51. The molecule has 0 saturated heterocycles. The number of aromatic amines is 1. The molecule has 0 bridgehead atoms. The number of thioether (sulfide) groups is 1. The SMILES string of the molecule is C[C@@H](C(=O)Nc1ccc(SC(F)F)cc1)N(C)Cc1nc2ccccc2c(=O)[nH]1. The minimum Gasteiger partial charge on any atom is -0.325 e. The van der Waals surface area contributed by atoms with Gasteiger partial charge in [0.25, 0.3) is 11.3 Å². The standard InChI is InChI=1S/C20H20F2N4O2S/c1-12(18(27)23-13-7-9-14(10-8-13)29-20(21)22)26(2)11-17-24-16-6-4-3-5-15(16)19(28)25-17/h3-10,12,20H,11H2,1-2H3,(H,23,27)(H,24,25,28)/t12-/m0/s1. The number of amides is 1. The number of carbonyl (C=O) groups is 1. The van der Waals surface area contributed by atoms with E-state index in [0.717, 1.165) is 0 Å². The fourth-order valence-corrected chi connectivity index (χ4v) is 3.25. The Kier molecular flexibility index (Phi) is 6.60. The van der Waals surface area contributed by atoms with E-state index < -0.39 is 11.8 Å². The van der Waals surface area contributed by atoms with E-state index in [4.69, 9.17) is 0 Å². The van der Waals surface area contributed by atoms with Crippen molar-refractivity contribution in [1.29, 1.82) is 0 Å². The first-order chi connectivity index (χ1) is 13.8. The number of carbonyl (C=O) groups excluding carboxylic acids is 1. The molecule has 0 saturated carbocycles. The number of para-hydroxylation sites is 1. The van der Waals surface area contributed by atoms with E-state index in [2.05, 4.69) is 15.3 Å². The Labute approximate surface area is 170 Å². The summed E-state index contributed by atoms with van der Waals surface area (Å²) >= 11 is 0.450. The van der Waals surface area contributed by atoms with Crippen LogP contribution in [0, 0.1) is 0 Å². The van der Waals surface area contributed by atoms with Crippen molar-refractivity contribution >= 4 is 34.3 Å². The Morgan fingerprint density at radius 3 is 2.59 bits per heavy atom. The lowest BCUT2D eigenvalue weighted by Crippen LogP contribution is -2.39. The van der Waals surface area contributed by atoms with Gasteiger partial charge in [0.05, 0.1) is 23.5 Å². The molecule has 0 spiro atoms. The molecule has 3 aromatic rings. The first-order valence-electron chi connectivity index (χ1n) is 8.87. The predicted molar refractivity (Wildman–Crippen MR) is 110 cm³/mol. The summed E-state index contributed by atoms with van der Waals surface area (Å²) in [5.41, 5.74) is 0.891. The number of nitrogens with zero attached hydrogens (tertiary/aromatic N) is 2. The number of alkyl halides is 2. The molecule has 6 nitrogen and oxygen atoms in total. The summed E-state index contributed by atoms with van der Waals surface area (Å²) in [5.74, 6) is -2.28. The highest BCUT2D eigenvalue weighted by molar-refractivity contribution is 7.99. The van der Waals surface area contributed by atoms with Crippen molar-refractivity contribution in [3.8, 4) is 0 Å². The van der Waals surface area contributed by atoms with Crippen LogP contribution in [0.2, 0.25) is 0 Å². The molecule has 152 valence electrons. The number of rotatable bonds is 7. The summed E-state index contributed by atoms with van der Waals surface area (Å²) in [6.07, 6.45) is 0. The van der Waals surface area contributed by atoms with Gasteiger partial charge in [0, 0.05) is 10.6 Å². The molecule has 1 aromatic heterocycles. The van der Waals surface area contributed by atoms with Crippen LogP contribution in [0.4, 0.5) is 14.5 Å². The van der Waals surface area contributed by atoms with Crippen molar-refractivity contribution in [2.75, 3.05) is 12.4 Å². The van der Waals surface area contributed by atoms with Crippen molar-refractivity contribution in [2.24, 2.45) is 0 Å². The average Bonchev–Trinajstić information content (AvgIpc) is 2.68. The highest BCUT2D eigenvalue weighted by atomic mass is 32.2. The van der Waals surface area contributed by atoms with Crippen LogP contribution in [0.25, 0.3) is 10.9 Å². The number of hydrogen-bond donors (Lipinski definition) is 2. The van der Waals surface area contributed by atoms with Crippen molar-refractivity contribution < 1.29 is 13.6 Å². The van der Waals surface area contributed by atoms with Gasteiger partial charge in [0.1, 0.15) is 5.82 Å². The number of halogens is 2. The van der Waals surface area contributed by atoms with Gasteiger partial charge in [-0.1, -0.05) is 23.9 Å². The Balaban J connectivity index is 1.64. The van der Waals surface area contributed by atoms with Crippen molar-refractivity contribution in [2.45, 2.75) is 30.2 Å². The number of fused-ring (bicyclic) bond motifs is 1. The number of aromatic nitrogens is 2. The number of anilines is 1. The molecule has 29 heavy (non-hydrogen) atoms. The largest absolute Gasteiger partial charge is 0.325 e. The molecule has 0 aliphatic rings. The fraction of sp³-hybridized carbons (Fsp3) is 0.250. The van der Waals surface area contributed by atoms with Gasteiger partial charge in [-0.15, -0.1) is 0 Å². The van der Waals surface area contributed by atoms with Crippen LogP contribution in [-0.2, 0) is 11.3 Å². The lowest BCUT2D eigenvalue weighted by Gasteiger charge is -2.23. The third kappa shape index (κ3) is 5.39. The Bertz CT molecular complexity index is 1060. The van der Waals surface area contributed by atoms with E-state index in [1.807, 2.05) is 6.07 Å². The predicted octanol–water partition coefficient (Wildman–Crippen LogP) is 3.70. The minimum atomic E-state index is -2.49. The number of hydrogen-bond acceptors (Lipinski definition) is 5. The van der Waals surface area contributed by atoms with Crippen LogP contribution in [-0.4, -0.2) is 39.6 Å². The first-order valence-corrected chi connectivity index (χ1v) is 9.75. The zero-order chi connectivity index (χ0) is 21.0. The summed E-state index contributed by atoms with van der Waals surface area (Å²) in [5, 5.41) is 3.27. The van der Waals surface area contributed by atoms with E-state index in [-0.39, 0.29) is 18.0 Å². The summed E-state index contributed by atoms with van der Waals surface area (Å²) in [6, 6.07) is 12.8. The molecular weight excluding hydrogens is 398 g/mol. The molecule has 1 heterocycles. The molecule has 3 rings (SSSR count). The molecule has 0 aliphatic carbocycles. The van der Waals surface area contributed by atoms with E-state index in [9.17, 15) is 18.4 Å². The van der Waals surface area contributed by atoms with Crippen molar-refractivity contribution in [3.05, 3.63) is 64.7 Å². The smallest absolute Gasteiger partial charge is 0.288 e. The quantitative estimate of drug-likeness (QED) is 0.572. The van der Waals surface area contributed by atoms with E-state index >= 15 is 0 Å². The summed E-state index contributed by atoms with van der Waals surface area (Å²) < 4.78 is 24.8. The molecule has 1 atom stereocenters. The second kappa shape index (κ2) is 9.15. The topological polar surface area (TPSA) is 78.1 Å². The monoisotopic (exact) mass is 418 g/mol. The van der Waals surface area contributed by atoms with Gasteiger partial charge in [-0.25, -0.2) is 4.98 Å². The molecule has 0 unspecified atom stereocenters. The van der Waals surface area contributed by atoms with Gasteiger partial charge in [0.2, 0.25) is 5.91 Å². The Morgan fingerprint density at radius 1 is 1.21 bits per heavy atom. The summed E-state index contributed by atoms with van der Waals surface area (Å²) in [6.45, 7) is 2.01. The van der Waals surface area contributed by atoms with Crippen LogP contribution in [0.5, 0.6) is 0 Å². The summed E-state index contributed by atoms with van der Waals surface area (Å²) in [4.78, 5) is 34.1. The Morgan fingerprint density at radius 2 is 1.90 bits per heavy atom. The van der Waals surface area contributed by atoms with E-state index in [1.165, 1.54) is 12.1 Å². The number of benzene rings is 2. The molecule has 0 aliphatic heterocycles. The van der Waals surface area contributed by atoms with E-state index in [0.29, 0.717) is 39.1 Å². The maximum Gasteiger partial charge on any atom is 0.288 e. The lowest BCUT2D eigenvalue weighted by molar-refractivity contribution is -0.120. The van der Waals surface area contributed by atoms with Gasteiger partial charge in [-0.05, 0) is 50.4 Å². The molecular formula is C20H20F2N4O2S. The zero-order valence-corrected chi connectivity index (χ0v) is 16.7. The number of likely N-dealkylation sites (N-methyl/N-ethyl adjacent to an activating group) is 1.